The van der Waals surface area contributed by atoms with Gasteiger partial charge in [-0.25, -0.2) is 0 Å². The molecule has 1 atom stereocenters. The van der Waals surface area contributed by atoms with E-state index in [4.69, 9.17) is 5.73 Å². The van der Waals surface area contributed by atoms with Gasteiger partial charge in [-0.2, -0.15) is 0 Å². The molecule has 0 aliphatic heterocycles. The Balaban J connectivity index is 1.78. The molecular formula is C15H15N3O2. The zero-order valence-corrected chi connectivity index (χ0v) is 10.9. The van der Waals surface area contributed by atoms with Crippen molar-refractivity contribution in [2.75, 3.05) is 11.1 Å². The summed E-state index contributed by atoms with van der Waals surface area (Å²) in [5.74, 6) is 0. The number of benzene rings is 2. The molecule has 3 rings (SSSR count). The highest BCUT2D eigenvalue weighted by Gasteiger charge is 2.22. The Bertz CT molecular complexity index is 653. The van der Waals surface area contributed by atoms with E-state index in [0.29, 0.717) is 0 Å². The number of anilines is 2. The van der Waals surface area contributed by atoms with Crippen LogP contribution in [0.4, 0.5) is 17.1 Å². The summed E-state index contributed by atoms with van der Waals surface area (Å²) >= 11 is 0. The van der Waals surface area contributed by atoms with Crippen LogP contribution in [-0.2, 0) is 6.42 Å². The topological polar surface area (TPSA) is 81.2 Å². The van der Waals surface area contributed by atoms with E-state index in [1.807, 2.05) is 12.1 Å². The Morgan fingerprint density at radius 2 is 1.95 bits per heavy atom. The SMILES string of the molecule is Nc1ccc2c(c1)CCC2Nc1ccc([N+](=O)[O-])cc1. The fraction of sp³-hybridized carbons (Fsp3) is 0.200. The molecule has 0 spiro atoms. The first kappa shape index (κ1) is 12.5. The van der Waals surface area contributed by atoms with Crippen LogP contribution in [0.5, 0.6) is 0 Å². The lowest BCUT2D eigenvalue weighted by Gasteiger charge is -2.15. The van der Waals surface area contributed by atoms with Crippen molar-refractivity contribution < 1.29 is 4.92 Å². The predicted octanol–water partition coefficient (Wildman–Crippen LogP) is 3.28. The third-order valence-corrected chi connectivity index (χ3v) is 3.66. The summed E-state index contributed by atoms with van der Waals surface area (Å²) in [6.07, 6.45) is 2.01. The van der Waals surface area contributed by atoms with Crippen molar-refractivity contribution in [1.82, 2.24) is 0 Å². The van der Waals surface area contributed by atoms with Crippen LogP contribution in [-0.4, -0.2) is 4.92 Å². The molecule has 3 N–H and O–H groups in total. The average molecular weight is 269 g/mol. The lowest BCUT2D eigenvalue weighted by atomic mass is 10.1. The highest BCUT2D eigenvalue weighted by atomic mass is 16.6. The second-order valence-electron chi connectivity index (χ2n) is 5.00. The van der Waals surface area contributed by atoms with Crippen LogP contribution in [0.15, 0.2) is 42.5 Å². The number of nitrogen functional groups attached to an aromatic ring is 1. The number of nitrogens with zero attached hydrogens (tertiary/aromatic N) is 1. The van der Waals surface area contributed by atoms with Crippen LogP contribution in [0.1, 0.15) is 23.6 Å². The quantitative estimate of drug-likeness (QED) is 0.509. The number of hydrogen-bond acceptors (Lipinski definition) is 4. The monoisotopic (exact) mass is 269 g/mol. The molecule has 1 aliphatic carbocycles. The van der Waals surface area contributed by atoms with E-state index in [0.717, 1.165) is 24.2 Å². The van der Waals surface area contributed by atoms with E-state index < -0.39 is 4.92 Å². The van der Waals surface area contributed by atoms with E-state index in [1.165, 1.54) is 23.3 Å². The van der Waals surface area contributed by atoms with Gasteiger partial charge in [-0.1, -0.05) is 6.07 Å². The van der Waals surface area contributed by atoms with Gasteiger partial charge in [0.05, 0.1) is 11.0 Å². The molecule has 0 fully saturated rings. The van der Waals surface area contributed by atoms with Gasteiger partial charge in [0.1, 0.15) is 0 Å². The van der Waals surface area contributed by atoms with Crippen LogP contribution in [0.2, 0.25) is 0 Å². The number of non-ortho nitro benzene ring substituents is 1. The average Bonchev–Trinajstić information content (AvgIpc) is 2.81. The molecule has 0 aromatic heterocycles. The molecule has 1 unspecified atom stereocenters. The van der Waals surface area contributed by atoms with Gasteiger partial charge in [0.25, 0.3) is 5.69 Å². The maximum Gasteiger partial charge on any atom is 0.269 e. The standard InChI is InChI=1S/C15H15N3O2/c16-11-2-7-14-10(9-11)1-8-15(14)17-12-3-5-13(6-4-12)18(19)20/h2-7,9,15,17H,1,8,16H2. The molecule has 0 saturated carbocycles. The normalized spacial score (nSPS) is 16.7. The zero-order valence-electron chi connectivity index (χ0n) is 10.9. The minimum atomic E-state index is -0.391. The summed E-state index contributed by atoms with van der Waals surface area (Å²) in [5, 5.41) is 14.0. The van der Waals surface area contributed by atoms with Gasteiger partial charge in [0.15, 0.2) is 0 Å². The number of nitro benzene ring substituents is 1. The summed E-state index contributed by atoms with van der Waals surface area (Å²) in [5.41, 5.74) is 10.1. The number of nitro groups is 1. The third-order valence-electron chi connectivity index (χ3n) is 3.66. The van der Waals surface area contributed by atoms with Crippen molar-refractivity contribution in [1.29, 1.82) is 0 Å². The minimum Gasteiger partial charge on any atom is -0.399 e. The number of hydrogen-bond donors (Lipinski definition) is 2. The van der Waals surface area contributed by atoms with Gasteiger partial charge < -0.3 is 11.1 Å². The second kappa shape index (κ2) is 4.85. The maximum absolute atomic E-state index is 10.6. The molecule has 1 aliphatic rings. The smallest absolute Gasteiger partial charge is 0.269 e. The summed E-state index contributed by atoms with van der Waals surface area (Å²) in [4.78, 5) is 10.2. The maximum atomic E-state index is 10.6. The molecular weight excluding hydrogens is 254 g/mol. The van der Waals surface area contributed by atoms with Gasteiger partial charge >= 0.3 is 0 Å². The number of aryl methyl sites for hydroxylation is 1. The highest BCUT2D eigenvalue weighted by molar-refractivity contribution is 5.54. The van der Waals surface area contributed by atoms with Crippen LogP contribution >= 0.6 is 0 Å². The summed E-state index contributed by atoms with van der Waals surface area (Å²) in [6.45, 7) is 0. The van der Waals surface area contributed by atoms with Crippen LogP contribution < -0.4 is 11.1 Å². The summed E-state index contributed by atoms with van der Waals surface area (Å²) < 4.78 is 0. The number of nitrogens with two attached hydrogens (primary N) is 1. The van der Waals surface area contributed by atoms with Crippen molar-refractivity contribution in [2.45, 2.75) is 18.9 Å². The van der Waals surface area contributed by atoms with Crippen molar-refractivity contribution in [2.24, 2.45) is 0 Å². The molecule has 2 aromatic carbocycles. The van der Waals surface area contributed by atoms with Gasteiger partial charge in [0.2, 0.25) is 0 Å². The van der Waals surface area contributed by atoms with E-state index in [2.05, 4.69) is 11.4 Å². The van der Waals surface area contributed by atoms with Gasteiger partial charge in [-0.05, 0) is 48.2 Å². The van der Waals surface area contributed by atoms with Gasteiger partial charge in [-0.3, -0.25) is 10.1 Å². The fourth-order valence-corrected chi connectivity index (χ4v) is 2.67. The van der Waals surface area contributed by atoms with E-state index in [1.54, 1.807) is 12.1 Å². The fourth-order valence-electron chi connectivity index (χ4n) is 2.67. The number of rotatable bonds is 3. The summed E-state index contributed by atoms with van der Waals surface area (Å²) in [7, 11) is 0. The number of nitrogens with one attached hydrogen (secondary N) is 1. The molecule has 0 amide bonds. The molecule has 20 heavy (non-hydrogen) atoms. The Morgan fingerprint density at radius 3 is 2.65 bits per heavy atom. The molecule has 0 saturated heterocycles. The van der Waals surface area contributed by atoms with Crippen molar-refractivity contribution >= 4 is 17.1 Å². The lowest BCUT2D eigenvalue weighted by molar-refractivity contribution is -0.384. The molecule has 5 nitrogen and oxygen atoms in total. The molecule has 0 radical (unpaired) electrons. The highest BCUT2D eigenvalue weighted by Crippen LogP contribution is 2.35. The van der Waals surface area contributed by atoms with Gasteiger partial charge in [0, 0.05) is 23.5 Å². The second-order valence-corrected chi connectivity index (χ2v) is 5.00. The van der Waals surface area contributed by atoms with Gasteiger partial charge in [-0.15, -0.1) is 0 Å². The molecule has 2 aromatic rings. The zero-order chi connectivity index (χ0) is 14.1. The Hall–Kier alpha value is -2.56. The van der Waals surface area contributed by atoms with E-state index in [9.17, 15) is 10.1 Å². The third kappa shape index (κ3) is 2.30. The first-order chi connectivity index (χ1) is 9.63. The van der Waals surface area contributed by atoms with Crippen molar-refractivity contribution in [3.05, 3.63) is 63.7 Å². The Labute approximate surface area is 116 Å². The predicted molar refractivity (Wildman–Crippen MR) is 78.6 cm³/mol. The van der Waals surface area contributed by atoms with E-state index in [-0.39, 0.29) is 11.7 Å². The van der Waals surface area contributed by atoms with Crippen LogP contribution in [0.3, 0.4) is 0 Å². The molecule has 102 valence electrons. The molecule has 5 heteroatoms. The van der Waals surface area contributed by atoms with Crippen molar-refractivity contribution in [3.63, 3.8) is 0 Å². The van der Waals surface area contributed by atoms with Crippen molar-refractivity contribution in [3.8, 4) is 0 Å². The van der Waals surface area contributed by atoms with E-state index >= 15 is 0 Å². The first-order valence-corrected chi connectivity index (χ1v) is 6.53. The Morgan fingerprint density at radius 1 is 1.20 bits per heavy atom. The first-order valence-electron chi connectivity index (χ1n) is 6.53. The largest absolute Gasteiger partial charge is 0.399 e. The molecule has 0 bridgehead atoms. The minimum absolute atomic E-state index is 0.107. The lowest BCUT2D eigenvalue weighted by Crippen LogP contribution is -2.07. The Kier molecular flexibility index (Phi) is 3.02. The summed E-state index contributed by atoms with van der Waals surface area (Å²) in [6, 6.07) is 12.7. The molecule has 0 heterocycles. The van der Waals surface area contributed by atoms with Crippen LogP contribution in [0.25, 0.3) is 0 Å². The van der Waals surface area contributed by atoms with Crippen LogP contribution in [0, 0.1) is 10.1 Å². The number of fused-ring (bicyclic) bond motifs is 1.